The Morgan fingerprint density at radius 2 is 2.25 bits per heavy atom. The summed E-state index contributed by atoms with van der Waals surface area (Å²) in [5.41, 5.74) is 2.47. The van der Waals surface area contributed by atoms with Crippen LogP contribution in [-0.4, -0.2) is 63.1 Å². The first-order valence-corrected chi connectivity index (χ1v) is 8.75. The van der Waals surface area contributed by atoms with E-state index < -0.39 is 0 Å². The number of hydrogen-bond acceptors (Lipinski definition) is 5. The van der Waals surface area contributed by atoms with E-state index in [1.165, 1.54) is 11.3 Å². The van der Waals surface area contributed by atoms with Crippen molar-refractivity contribution < 1.29 is 4.74 Å². The third-order valence-corrected chi connectivity index (χ3v) is 5.04. The Kier molecular flexibility index (Phi) is 4.60. The maximum absolute atomic E-state index is 6.05. The van der Waals surface area contributed by atoms with Gasteiger partial charge in [-0.2, -0.15) is 0 Å². The molecule has 6 heteroatoms. The molecular weight excluding hydrogens is 302 g/mol. The van der Waals surface area contributed by atoms with Crippen molar-refractivity contribution in [3.8, 4) is 0 Å². The largest absolute Gasteiger partial charge is 0.375 e. The van der Waals surface area contributed by atoms with Gasteiger partial charge in [0.25, 0.3) is 0 Å². The highest BCUT2D eigenvalue weighted by atomic mass is 16.5. The van der Waals surface area contributed by atoms with Crippen molar-refractivity contribution in [3.63, 3.8) is 0 Å². The van der Waals surface area contributed by atoms with Crippen molar-refractivity contribution in [1.82, 2.24) is 24.8 Å². The summed E-state index contributed by atoms with van der Waals surface area (Å²) in [6.45, 7) is 7.84. The van der Waals surface area contributed by atoms with Crippen molar-refractivity contribution >= 4 is 0 Å². The van der Waals surface area contributed by atoms with Crippen LogP contribution in [0, 0.1) is 6.92 Å². The summed E-state index contributed by atoms with van der Waals surface area (Å²) >= 11 is 0. The minimum Gasteiger partial charge on any atom is -0.375 e. The first-order valence-electron chi connectivity index (χ1n) is 8.75. The lowest BCUT2D eigenvalue weighted by molar-refractivity contribution is -0.107. The Balaban J connectivity index is 1.43. The first-order chi connectivity index (χ1) is 11.8. The fraction of sp³-hybridized carbons (Fsp3) is 0.556. The molecule has 0 radical (unpaired) electrons. The Labute approximate surface area is 142 Å². The average Bonchev–Trinajstić information content (AvgIpc) is 3.01. The number of nitrogens with one attached hydrogen (secondary N) is 1. The van der Waals surface area contributed by atoms with Gasteiger partial charge in [0.05, 0.1) is 12.7 Å². The number of imidazole rings is 1. The molecule has 1 N–H and O–H groups in total. The molecule has 4 rings (SSSR count). The van der Waals surface area contributed by atoms with Crippen molar-refractivity contribution in [2.75, 3.05) is 26.2 Å². The number of hydrogen-bond donors (Lipinski definition) is 1. The summed E-state index contributed by atoms with van der Waals surface area (Å²) in [5.74, 6) is 0.985. The molecule has 24 heavy (non-hydrogen) atoms. The number of aromatic nitrogens is 3. The molecule has 2 atom stereocenters. The standard InChI is InChI=1S/C18H25N5O/c1-14-20-10-16(21-14)12-22-6-4-18-17(13-22)23(7-8-24-18)11-15-3-2-5-19-9-15/h2-3,5,9-10,17-18H,4,6-8,11-13H2,1H3,(H,20,21)/t17-,18-/m1/s1. The zero-order valence-corrected chi connectivity index (χ0v) is 14.2. The average molecular weight is 327 g/mol. The van der Waals surface area contributed by atoms with Crippen LogP contribution in [0.3, 0.4) is 0 Å². The smallest absolute Gasteiger partial charge is 0.103 e. The summed E-state index contributed by atoms with van der Waals surface area (Å²) < 4.78 is 6.05. The normalized spacial score (nSPS) is 25.5. The molecule has 2 aromatic heterocycles. The van der Waals surface area contributed by atoms with E-state index >= 15 is 0 Å². The lowest BCUT2D eigenvalue weighted by Crippen LogP contribution is -2.59. The second kappa shape index (κ2) is 7.01. The molecule has 0 aliphatic carbocycles. The summed E-state index contributed by atoms with van der Waals surface area (Å²) in [7, 11) is 0. The number of morpholine rings is 1. The number of piperidine rings is 1. The Morgan fingerprint density at radius 3 is 3.04 bits per heavy atom. The molecular formula is C18H25N5O. The van der Waals surface area contributed by atoms with Gasteiger partial charge in [-0.25, -0.2) is 4.98 Å². The van der Waals surface area contributed by atoms with Gasteiger partial charge >= 0.3 is 0 Å². The molecule has 128 valence electrons. The van der Waals surface area contributed by atoms with E-state index in [0.717, 1.165) is 51.6 Å². The fourth-order valence-electron chi connectivity index (χ4n) is 3.87. The van der Waals surface area contributed by atoms with Gasteiger partial charge in [0, 0.05) is 63.1 Å². The molecule has 0 unspecified atom stereocenters. The SMILES string of the molecule is Cc1ncc(CN2CC[C@H]3OCCN(Cc4cccnc4)[C@@H]3C2)[nH]1. The van der Waals surface area contributed by atoms with Crippen LogP contribution in [0.2, 0.25) is 0 Å². The van der Waals surface area contributed by atoms with E-state index in [1.807, 2.05) is 31.6 Å². The molecule has 0 saturated carbocycles. The van der Waals surface area contributed by atoms with Crippen LogP contribution < -0.4 is 0 Å². The van der Waals surface area contributed by atoms with Gasteiger partial charge in [-0.15, -0.1) is 0 Å². The van der Waals surface area contributed by atoms with Crippen LogP contribution >= 0.6 is 0 Å². The fourth-order valence-corrected chi connectivity index (χ4v) is 3.87. The highest BCUT2D eigenvalue weighted by molar-refractivity contribution is 5.09. The summed E-state index contributed by atoms with van der Waals surface area (Å²) in [6, 6.07) is 4.63. The van der Waals surface area contributed by atoms with Crippen LogP contribution in [0.4, 0.5) is 0 Å². The topological polar surface area (TPSA) is 57.3 Å². The molecule has 0 bridgehead atoms. The van der Waals surface area contributed by atoms with E-state index in [1.54, 1.807) is 0 Å². The van der Waals surface area contributed by atoms with Gasteiger partial charge in [0.2, 0.25) is 0 Å². The number of rotatable bonds is 4. The highest BCUT2D eigenvalue weighted by Gasteiger charge is 2.37. The second-order valence-electron chi connectivity index (χ2n) is 6.83. The molecule has 2 fully saturated rings. The quantitative estimate of drug-likeness (QED) is 0.924. The number of ether oxygens (including phenoxy) is 1. The van der Waals surface area contributed by atoms with Gasteiger partial charge < -0.3 is 9.72 Å². The Bertz CT molecular complexity index is 658. The maximum Gasteiger partial charge on any atom is 0.103 e. The molecule has 2 saturated heterocycles. The second-order valence-corrected chi connectivity index (χ2v) is 6.83. The number of fused-ring (bicyclic) bond motifs is 1. The van der Waals surface area contributed by atoms with Crippen LogP contribution in [0.25, 0.3) is 0 Å². The molecule has 2 aliphatic rings. The van der Waals surface area contributed by atoms with Gasteiger partial charge in [-0.05, 0) is 25.0 Å². The third-order valence-electron chi connectivity index (χ3n) is 5.04. The third kappa shape index (κ3) is 3.50. The van der Waals surface area contributed by atoms with Gasteiger partial charge in [-0.3, -0.25) is 14.8 Å². The predicted molar refractivity (Wildman–Crippen MR) is 91.4 cm³/mol. The van der Waals surface area contributed by atoms with Crippen LogP contribution in [0.1, 0.15) is 23.5 Å². The van der Waals surface area contributed by atoms with E-state index in [4.69, 9.17) is 4.74 Å². The van der Waals surface area contributed by atoms with Crippen LogP contribution in [0.5, 0.6) is 0 Å². The summed E-state index contributed by atoms with van der Waals surface area (Å²) in [6.07, 6.45) is 7.21. The molecule has 4 heterocycles. The Morgan fingerprint density at radius 1 is 1.29 bits per heavy atom. The lowest BCUT2D eigenvalue weighted by atomic mass is 9.98. The summed E-state index contributed by atoms with van der Waals surface area (Å²) in [4.78, 5) is 17.0. The number of nitrogens with zero attached hydrogens (tertiary/aromatic N) is 4. The minimum atomic E-state index is 0.357. The van der Waals surface area contributed by atoms with Crippen molar-refractivity contribution in [3.05, 3.63) is 47.8 Å². The van der Waals surface area contributed by atoms with Crippen LogP contribution in [0.15, 0.2) is 30.7 Å². The highest BCUT2D eigenvalue weighted by Crippen LogP contribution is 2.25. The van der Waals surface area contributed by atoms with Gasteiger partial charge in [0.15, 0.2) is 0 Å². The molecule has 2 aromatic rings. The summed E-state index contributed by atoms with van der Waals surface area (Å²) in [5, 5.41) is 0. The molecule has 6 nitrogen and oxygen atoms in total. The number of aryl methyl sites for hydroxylation is 1. The first kappa shape index (κ1) is 15.7. The number of aromatic amines is 1. The van der Waals surface area contributed by atoms with Crippen LogP contribution in [-0.2, 0) is 17.8 Å². The van der Waals surface area contributed by atoms with Crippen molar-refractivity contribution in [2.45, 2.75) is 38.6 Å². The zero-order chi connectivity index (χ0) is 16.4. The minimum absolute atomic E-state index is 0.357. The number of likely N-dealkylation sites (tertiary alicyclic amines) is 1. The predicted octanol–water partition coefficient (Wildman–Crippen LogP) is 1.59. The van der Waals surface area contributed by atoms with Gasteiger partial charge in [0.1, 0.15) is 5.82 Å². The molecule has 2 aliphatic heterocycles. The van der Waals surface area contributed by atoms with Crippen molar-refractivity contribution in [1.29, 1.82) is 0 Å². The van der Waals surface area contributed by atoms with E-state index in [2.05, 4.69) is 30.8 Å². The maximum atomic E-state index is 6.05. The van der Waals surface area contributed by atoms with Crippen molar-refractivity contribution in [2.24, 2.45) is 0 Å². The lowest BCUT2D eigenvalue weighted by Gasteiger charge is -2.47. The zero-order valence-electron chi connectivity index (χ0n) is 14.2. The van der Waals surface area contributed by atoms with E-state index in [9.17, 15) is 0 Å². The molecule has 0 aromatic carbocycles. The van der Waals surface area contributed by atoms with Gasteiger partial charge in [-0.1, -0.05) is 6.07 Å². The molecule has 0 amide bonds. The number of H-pyrrole nitrogens is 1. The van der Waals surface area contributed by atoms with E-state index in [0.29, 0.717) is 12.1 Å². The number of pyridine rings is 1. The molecule has 0 spiro atoms. The van der Waals surface area contributed by atoms with E-state index in [-0.39, 0.29) is 0 Å². The Hall–Kier alpha value is -1.76. The monoisotopic (exact) mass is 327 g/mol.